The summed E-state index contributed by atoms with van der Waals surface area (Å²) in [4.78, 5) is 13.3. The number of nitrogens with zero attached hydrogens (tertiary/aromatic N) is 4. The van der Waals surface area contributed by atoms with Gasteiger partial charge in [-0.25, -0.2) is 17.6 Å². The molecular formula is C33H33F4N5O2. The van der Waals surface area contributed by atoms with Gasteiger partial charge in [-0.2, -0.15) is 9.97 Å². The molecule has 5 heterocycles. The monoisotopic (exact) mass is 607 g/mol. The van der Waals surface area contributed by atoms with E-state index in [1.807, 2.05) is 4.90 Å². The Bertz CT molecular complexity index is 1820. The number of hydrogen-bond donors (Lipinski definition) is 2. The maximum Gasteiger partial charge on any atom is 0.319 e. The van der Waals surface area contributed by atoms with Crippen LogP contribution in [0.25, 0.3) is 32.8 Å². The number of phenolic OH excluding ortho intramolecular Hbond substituents is 1. The lowest BCUT2D eigenvalue weighted by Gasteiger charge is -2.40. The number of aromatic nitrogens is 2. The molecule has 4 saturated heterocycles. The largest absolute Gasteiger partial charge is 0.508 e. The number of aromatic hydroxyl groups is 1. The zero-order valence-electron chi connectivity index (χ0n) is 24.3. The molecular weight excluding hydrogens is 574 g/mol. The van der Waals surface area contributed by atoms with Crippen LogP contribution in [0.5, 0.6) is 11.8 Å². The molecule has 4 fully saturated rings. The number of ether oxygens (including phenoxy) is 1. The molecule has 2 N–H and O–H groups in total. The summed E-state index contributed by atoms with van der Waals surface area (Å²) >= 11 is 0. The summed E-state index contributed by atoms with van der Waals surface area (Å²) in [6.45, 7) is 4.60. The van der Waals surface area contributed by atoms with Crippen LogP contribution in [0.2, 0.25) is 0 Å². The first-order valence-corrected chi connectivity index (χ1v) is 15.3. The maximum absolute atomic E-state index is 16.7. The molecule has 4 aromatic rings. The molecule has 0 saturated carbocycles. The normalized spacial score (nSPS) is 28.3. The zero-order chi connectivity index (χ0) is 30.4. The second kappa shape index (κ2) is 9.90. The van der Waals surface area contributed by atoms with Crippen molar-refractivity contribution in [2.24, 2.45) is 0 Å². The predicted octanol–water partition coefficient (Wildman–Crippen LogP) is 5.86. The van der Waals surface area contributed by atoms with Crippen LogP contribution >= 0.6 is 0 Å². The van der Waals surface area contributed by atoms with E-state index >= 15 is 13.2 Å². The SMILES string of the molecule is C[C@]12CC[C@H](CN(c3nc(OC[C@@]45CCCN4C[C@H](F)C5)nc4c(F)c(-c5cc(O)cc6cccc(F)c56)c(F)cc34)C1)N2. The number of rotatable bonds is 5. The van der Waals surface area contributed by atoms with E-state index in [0.29, 0.717) is 37.3 Å². The third kappa shape index (κ3) is 4.38. The fourth-order valence-corrected chi connectivity index (χ4v) is 8.23. The number of phenols is 1. The molecule has 1 aromatic heterocycles. The summed E-state index contributed by atoms with van der Waals surface area (Å²) in [5, 5.41) is 14.5. The van der Waals surface area contributed by atoms with Crippen LogP contribution in [-0.4, -0.2) is 76.1 Å². The first-order chi connectivity index (χ1) is 21.1. The number of nitrogens with one attached hydrogen (secondary N) is 1. The van der Waals surface area contributed by atoms with Crippen molar-refractivity contribution < 1.29 is 27.4 Å². The van der Waals surface area contributed by atoms with Crippen molar-refractivity contribution in [3.05, 3.63) is 53.8 Å². The first kappa shape index (κ1) is 27.8. The van der Waals surface area contributed by atoms with Gasteiger partial charge in [-0.1, -0.05) is 12.1 Å². The Labute approximate surface area is 251 Å². The number of fused-ring (bicyclic) bond motifs is 5. The third-order valence-corrected chi connectivity index (χ3v) is 10.1. The Morgan fingerprint density at radius 1 is 1.09 bits per heavy atom. The van der Waals surface area contributed by atoms with Crippen molar-refractivity contribution >= 4 is 27.5 Å². The lowest BCUT2D eigenvalue weighted by molar-refractivity contribution is 0.107. The molecule has 0 unspecified atom stereocenters. The van der Waals surface area contributed by atoms with Gasteiger partial charge in [-0.05, 0) is 68.8 Å². The van der Waals surface area contributed by atoms with Crippen LogP contribution in [0.3, 0.4) is 0 Å². The molecule has 7 nitrogen and oxygen atoms in total. The zero-order valence-corrected chi connectivity index (χ0v) is 24.3. The number of hydrogen-bond acceptors (Lipinski definition) is 7. The van der Waals surface area contributed by atoms with Gasteiger partial charge in [-0.3, -0.25) is 4.90 Å². The molecule has 44 heavy (non-hydrogen) atoms. The van der Waals surface area contributed by atoms with Crippen molar-refractivity contribution in [2.45, 2.75) is 62.3 Å². The number of piperazine rings is 1. The lowest BCUT2D eigenvalue weighted by atomic mass is 9.95. The van der Waals surface area contributed by atoms with Gasteiger partial charge in [0, 0.05) is 54.0 Å². The molecule has 4 aliphatic rings. The lowest BCUT2D eigenvalue weighted by Crippen LogP contribution is -2.58. The summed E-state index contributed by atoms with van der Waals surface area (Å²) in [5.41, 5.74) is -1.43. The summed E-state index contributed by atoms with van der Waals surface area (Å²) in [6, 6.07) is 8.08. The Hall–Kier alpha value is -3.70. The van der Waals surface area contributed by atoms with E-state index in [9.17, 15) is 9.50 Å². The van der Waals surface area contributed by atoms with Crippen molar-refractivity contribution in [3.63, 3.8) is 0 Å². The second-order valence-corrected chi connectivity index (χ2v) is 13.3. The summed E-state index contributed by atoms with van der Waals surface area (Å²) < 4.78 is 68.5. The van der Waals surface area contributed by atoms with Crippen LogP contribution in [0.4, 0.5) is 23.4 Å². The molecule has 3 aromatic carbocycles. The highest BCUT2D eigenvalue weighted by molar-refractivity contribution is 6.01. The highest BCUT2D eigenvalue weighted by Gasteiger charge is 2.49. The average molecular weight is 608 g/mol. The maximum atomic E-state index is 16.7. The van der Waals surface area contributed by atoms with E-state index in [4.69, 9.17) is 9.72 Å². The molecule has 0 amide bonds. The molecule has 230 valence electrons. The van der Waals surface area contributed by atoms with Crippen LogP contribution in [0, 0.1) is 17.5 Å². The summed E-state index contributed by atoms with van der Waals surface area (Å²) in [5.74, 6) is -2.49. The van der Waals surface area contributed by atoms with Gasteiger partial charge in [0.05, 0.1) is 11.1 Å². The molecule has 4 atom stereocenters. The Kier molecular flexibility index (Phi) is 6.26. The number of halogens is 4. The van der Waals surface area contributed by atoms with E-state index in [-0.39, 0.29) is 51.8 Å². The quantitative estimate of drug-likeness (QED) is 0.276. The Morgan fingerprint density at radius 3 is 2.80 bits per heavy atom. The predicted molar refractivity (Wildman–Crippen MR) is 159 cm³/mol. The Balaban J connectivity index is 1.29. The van der Waals surface area contributed by atoms with Crippen LogP contribution in [0.15, 0.2) is 36.4 Å². The molecule has 2 bridgehead atoms. The molecule has 0 radical (unpaired) electrons. The topological polar surface area (TPSA) is 73.8 Å². The van der Waals surface area contributed by atoms with Crippen LogP contribution < -0.4 is 15.0 Å². The van der Waals surface area contributed by atoms with E-state index < -0.39 is 34.7 Å². The van der Waals surface area contributed by atoms with E-state index in [1.165, 1.54) is 24.3 Å². The standard InChI is InChI=1S/C33H33F4N5O2/c1-32-8-6-20(40-32)15-41(16-32)30-23-12-25(36)27(22-11-21(43)10-18-4-2-5-24(35)26(18)22)28(37)29(23)38-31(39-30)44-17-33-7-3-9-42(33)14-19(34)13-33/h2,4-5,10-12,19-20,40,43H,3,6-9,13-17H2,1H3/t19-,20-,32+,33+/m1/s1. The van der Waals surface area contributed by atoms with Crippen molar-refractivity contribution in [2.75, 3.05) is 37.7 Å². The van der Waals surface area contributed by atoms with Crippen LogP contribution in [-0.2, 0) is 0 Å². The highest BCUT2D eigenvalue weighted by atomic mass is 19.1. The van der Waals surface area contributed by atoms with Crippen molar-refractivity contribution in [1.29, 1.82) is 0 Å². The molecule has 0 spiro atoms. The highest BCUT2D eigenvalue weighted by Crippen LogP contribution is 2.43. The van der Waals surface area contributed by atoms with Gasteiger partial charge >= 0.3 is 6.01 Å². The number of alkyl halides is 1. The van der Waals surface area contributed by atoms with Gasteiger partial charge in [-0.15, -0.1) is 0 Å². The number of benzene rings is 3. The fraction of sp³-hybridized carbons (Fsp3) is 0.455. The summed E-state index contributed by atoms with van der Waals surface area (Å²) in [7, 11) is 0. The van der Waals surface area contributed by atoms with Gasteiger partial charge in [0.15, 0.2) is 5.82 Å². The van der Waals surface area contributed by atoms with Gasteiger partial charge < -0.3 is 20.1 Å². The van der Waals surface area contributed by atoms with E-state index in [1.54, 1.807) is 6.07 Å². The van der Waals surface area contributed by atoms with Crippen molar-refractivity contribution in [3.8, 4) is 22.9 Å². The molecule has 4 aliphatic heterocycles. The van der Waals surface area contributed by atoms with Gasteiger partial charge in [0.1, 0.15) is 41.5 Å². The van der Waals surface area contributed by atoms with Gasteiger partial charge in [0.2, 0.25) is 0 Å². The van der Waals surface area contributed by atoms with Gasteiger partial charge in [0.25, 0.3) is 0 Å². The molecule has 8 rings (SSSR count). The molecule has 11 heteroatoms. The third-order valence-electron chi connectivity index (χ3n) is 10.1. The van der Waals surface area contributed by atoms with E-state index in [2.05, 4.69) is 22.1 Å². The average Bonchev–Trinajstić information content (AvgIpc) is 3.59. The van der Waals surface area contributed by atoms with E-state index in [0.717, 1.165) is 38.3 Å². The first-order valence-electron chi connectivity index (χ1n) is 15.3. The molecule has 0 aliphatic carbocycles. The van der Waals surface area contributed by atoms with Crippen LogP contribution in [0.1, 0.15) is 39.0 Å². The minimum Gasteiger partial charge on any atom is -0.508 e. The summed E-state index contributed by atoms with van der Waals surface area (Å²) in [6.07, 6.45) is 3.07. The number of anilines is 1. The minimum atomic E-state index is -1.00. The Morgan fingerprint density at radius 2 is 1.95 bits per heavy atom. The smallest absolute Gasteiger partial charge is 0.319 e. The van der Waals surface area contributed by atoms with Crippen molar-refractivity contribution in [1.82, 2.24) is 20.2 Å². The second-order valence-electron chi connectivity index (χ2n) is 13.3. The minimum absolute atomic E-state index is 0.0118. The fourth-order valence-electron chi connectivity index (χ4n) is 8.23.